The molecule has 1 heterocycles. The van der Waals surface area contributed by atoms with Gasteiger partial charge in [-0.1, -0.05) is 50.3 Å². The third-order valence-electron chi connectivity index (χ3n) is 3.72. The summed E-state index contributed by atoms with van der Waals surface area (Å²) in [7, 11) is 0. The normalized spacial score (nSPS) is 20.5. The summed E-state index contributed by atoms with van der Waals surface area (Å²) in [5.74, 6) is 0.593. The second kappa shape index (κ2) is 5.81. The first kappa shape index (κ1) is 13.5. The Hall–Kier alpha value is -0.930. The molecule has 2 nitrogen and oxygen atoms in total. The average Bonchev–Trinajstić information content (AvgIpc) is 2.78. The van der Waals surface area contributed by atoms with Gasteiger partial charge in [0.1, 0.15) is 0 Å². The molecule has 0 aromatic heterocycles. The van der Waals surface area contributed by atoms with E-state index in [4.69, 9.17) is 18.0 Å². The number of rotatable bonds is 4. The molecule has 2 N–H and O–H groups in total. The quantitative estimate of drug-likeness (QED) is 0.846. The van der Waals surface area contributed by atoms with E-state index in [1.165, 1.54) is 17.5 Å². The van der Waals surface area contributed by atoms with E-state index in [0.29, 0.717) is 16.9 Å². The predicted octanol–water partition coefficient (Wildman–Crippen LogP) is 3.06. The van der Waals surface area contributed by atoms with Crippen molar-refractivity contribution < 1.29 is 0 Å². The summed E-state index contributed by atoms with van der Waals surface area (Å²) in [6.07, 6.45) is 2.31. The second-order valence-corrected chi connectivity index (χ2v) is 5.90. The summed E-state index contributed by atoms with van der Waals surface area (Å²) in [4.78, 5) is 3.04. The Balaban J connectivity index is 2.03. The fourth-order valence-electron chi connectivity index (χ4n) is 2.58. The number of likely N-dealkylation sites (tertiary alicyclic amines) is 1. The average molecular weight is 262 g/mol. The third-order valence-corrected chi connectivity index (χ3v) is 4.00. The lowest BCUT2D eigenvalue weighted by atomic mass is 10.0. The highest BCUT2D eigenvalue weighted by molar-refractivity contribution is 7.80. The van der Waals surface area contributed by atoms with Gasteiger partial charge in [-0.2, -0.15) is 0 Å². The van der Waals surface area contributed by atoms with Crippen molar-refractivity contribution in [3.05, 3.63) is 35.4 Å². The molecule has 1 aliphatic heterocycles. The van der Waals surface area contributed by atoms with Gasteiger partial charge in [-0.15, -0.1) is 0 Å². The van der Waals surface area contributed by atoms with E-state index in [9.17, 15) is 0 Å². The van der Waals surface area contributed by atoms with Crippen molar-refractivity contribution in [3.63, 3.8) is 0 Å². The van der Waals surface area contributed by atoms with E-state index in [1.807, 2.05) is 0 Å². The molecule has 1 aliphatic rings. The number of hydrogen-bond acceptors (Lipinski definition) is 2. The zero-order chi connectivity index (χ0) is 13.1. The molecule has 3 heteroatoms. The Morgan fingerprint density at radius 1 is 1.39 bits per heavy atom. The van der Waals surface area contributed by atoms with Crippen LogP contribution in [0.5, 0.6) is 0 Å². The van der Waals surface area contributed by atoms with Crippen molar-refractivity contribution in [2.45, 2.75) is 45.2 Å². The summed E-state index contributed by atoms with van der Waals surface area (Å²) >= 11 is 5.14. The minimum atomic E-state index is 0.296. The van der Waals surface area contributed by atoms with E-state index in [0.717, 1.165) is 19.5 Å². The van der Waals surface area contributed by atoms with Crippen LogP contribution in [0.15, 0.2) is 24.3 Å². The van der Waals surface area contributed by atoms with E-state index in [-0.39, 0.29) is 0 Å². The van der Waals surface area contributed by atoms with E-state index < -0.39 is 0 Å². The lowest BCUT2D eigenvalue weighted by Crippen LogP contribution is -2.38. The number of hydrogen-bond donors (Lipinski definition) is 1. The lowest BCUT2D eigenvalue weighted by molar-refractivity contribution is 0.295. The van der Waals surface area contributed by atoms with Crippen LogP contribution in [0.2, 0.25) is 0 Å². The highest BCUT2D eigenvalue weighted by atomic mass is 32.1. The van der Waals surface area contributed by atoms with Crippen molar-refractivity contribution in [2.75, 3.05) is 6.54 Å². The highest BCUT2D eigenvalue weighted by Gasteiger charge is 2.26. The Kier molecular flexibility index (Phi) is 4.36. The Morgan fingerprint density at radius 3 is 2.61 bits per heavy atom. The predicted molar refractivity (Wildman–Crippen MR) is 80.7 cm³/mol. The van der Waals surface area contributed by atoms with Crippen LogP contribution in [0.1, 0.15) is 43.7 Å². The number of nitrogens with two attached hydrogens (primary N) is 1. The summed E-state index contributed by atoms with van der Waals surface area (Å²) in [5, 5.41) is 0. The van der Waals surface area contributed by atoms with Gasteiger partial charge >= 0.3 is 0 Å². The fraction of sp³-hybridized carbons (Fsp3) is 0.533. The van der Waals surface area contributed by atoms with Crippen LogP contribution in [0, 0.1) is 0 Å². The number of benzene rings is 1. The molecule has 0 aliphatic carbocycles. The first-order valence-corrected chi connectivity index (χ1v) is 7.11. The molecular formula is C15H22N2S. The molecule has 2 rings (SSSR count). The monoisotopic (exact) mass is 262 g/mol. The molecule has 1 fully saturated rings. The minimum absolute atomic E-state index is 0.296. The van der Waals surface area contributed by atoms with E-state index >= 15 is 0 Å². The van der Waals surface area contributed by atoms with Crippen LogP contribution >= 0.6 is 12.2 Å². The fourth-order valence-corrected chi connectivity index (χ4v) is 2.85. The number of thiocarbonyl (C=S) groups is 1. The van der Waals surface area contributed by atoms with Gasteiger partial charge in [0.05, 0.1) is 11.0 Å². The van der Waals surface area contributed by atoms with Gasteiger partial charge in [-0.05, 0) is 36.4 Å². The second-order valence-electron chi connectivity index (χ2n) is 5.43. The van der Waals surface area contributed by atoms with Gasteiger partial charge < -0.3 is 5.73 Å². The summed E-state index contributed by atoms with van der Waals surface area (Å²) in [5.41, 5.74) is 8.54. The smallest absolute Gasteiger partial charge is 0.0902 e. The molecule has 0 bridgehead atoms. The van der Waals surface area contributed by atoms with Crippen LogP contribution in [-0.2, 0) is 6.54 Å². The Morgan fingerprint density at radius 2 is 2.06 bits per heavy atom. The van der Waals surface area contributed by atoms with Gasteiger partial charge in [0.15, 0.2) is 0 Å². The van der Waals surface area contributed by atoms with Crippen LogP contribution in [-0.4, -0.2) is 22.5 Å². The van der Waals surface area contributed by atoms with Gasteiger partial charge in [-0.25, -0.2) is 0 Å². The minimum Gasteiger partial charge on any atom is -0.392 e. The topological polar surface area (TPSA) is 29.3 Å². The van der Waals surface area contributed by atoms with Crippen LogP contribution in [0.25, 0.3) is 0 Å². The van der Waals surface area contributed by atoms with Gasteiger partial charge in [-0.3, -0.25) is 4.90 Å². The molecule has 1 saturated heterocycles. The maximum atomic E-state index is 5.80. The first-order valence-electron chi connectivity index (χ1n) is 6.70. The summed E-state index contributed by atoms with van der Waals surface area (Å²) in [6.45, 7) is 6.51. The third kappa shape index (κ3) is 3.09. The summed E-state index contributed by atoms with van der Waals surface area (Å²) < 4.78 is 0. The van der Waals surface area contributed by atoms with Crippen LogP contribution in [0.4, 0.5) is 0 Å². The van der Waals surface area contributed by atoms with Crippen LogP contribution < -0.4 is 5.73 Å². The first-order chi connectivity index (χ1) is 8.58. The molecule has 0 radical (unpaired) electrons. The SMILES string of the molecule is CC(C)c1ccc(CN2CCCC2C(N)=S)cc1. The van der Waals surface area contributed by atoms with E-state index in [2.05, 4.69) is 43.0 Å². The molecule has 1 unspecified atom stereocenters. The maximum Gasteiger partial charge on any atom is 0.0902 e. The van der Waals surface area contributed by atoms with Gasteiger partial charge in [0.25, 0.3) is 0 Å². The van der Waals surface area contributed by atoms with Crippen molar-refractivity contribution in [1.29, 1.82) is 0 Å². The van der Waals surface area contributed by atoms with Crippen molar-refractivity contribution >= 4 is 17.2 Å². The molecule has 0 saturated carbocycles. The van der Waals surface area contributed by atoms with E-state index in [1.54, 1.807) is 0 Å². The van der Waals surface area contributed by atoms with Crippen molar-refractivity contribution in [1.82, 2.24) is 4.90 Å². The molecule has 1 aromatic rings. The summed E-state index contributed by atoms with van der Waals surface area (Å²) in [6, 6.07) is 9.21. The lowest BCUT2D eigenvalue weighted by Gasteiger charge is -2.23. The molecule has 1 aromatic carbocycles. The molecule has 0 amide bonds. The largest absolute Gasteiger partial charge is 0.392 e. The van der Waals surface area contributed by atoms with Crippen molar-refractivity contribution in [2.24, 2.45) is 5.73 Å². The zero-order valence-corrected chi connectivity index (χ0v) is 12.0. The Labute approximate surface area is 115 Å². The van der Waals surface area contributed by atoms with Gasteiger partial charge in [0, 0.05) is 6.54 Å². The Bertz CT molecular complexity index is 411. The van der Waals surface area contributed by atoms with Gasteiger partial charge in [0.2, 0.25) is 0 Å². The van der Waals surface area contributed by atoms with Crippen LogP contribution in [0.3, 0.4) is 0 Å². The standard InChI is InChI=1S/C15H22N2S/c1-11(2)13-7-5-12(6-8-13)10-17-9-3-4-14(17)15(16)18/h5-8,11,14H,3-4,9-10H2,1-2H3,(H2,16,18). The number of nitrogens with zero attached hydrogens (tertiary/aromatic N) is 1. The molecule has 18 heavy (non-hydrogen) atoms. The highest BCUT2D eigenvalue weighted by Crippen LogP contribution is 2.21. The molecular weight excluding hydrogens is 240 g/mol. The van der Waals surface area contributed by atoms with Crippen molar-refractivity contribution in [3.8, 4) is 0 Å². The molecule has 0 spiro atoms. The maximum absolute atomic E-state index is 5.80. The molecule has 98 valence electrons. The zero-order valence-electron chi connectivity index (χ0n) is 11.2. The molecule has 1 atom stereocenters.